The van der Waals surface area contributed by atoms with E-state index in [1.54, 1.807) is 0 Å². The zero-order valence-electron chi connectivity index (χ0n) is 12.6. The van der Waals surface area contributed by atoms with Gasteiger partial charge < -0.3 is 15.5 Å². The number of aryl methyl sites for hydroxylation is 1. The summed E-state index contributed by atoms with van der Waals surface area (Å²) in [5, 5.41) is 6.22. The van der Waals surface area contributed by atoms with Crippen molar-refractivity contribution in [1.82, 2.24) is 15.5 Å². The smallest absolute Gasteiger partial charge is 0.261 e. The number of amides is 2. The molecule has 1 aromatic rings. The summed E-state index contributed by atoms with van der Waals surface area (Å²) in [6, 6.07) is 4.02. The summed E-state index contributed by atoms with van der Waals surface area (Å²) in [5.74, 6) is 0.457. The first-order valence-electron chi connectivity index (χ1n) is 7.50. The highest BCUT2D eigenvalue weighted by atomic mass is 35.5. The highest BCUT2D eigenvalue weighted by Gasteiger charge is 2.31. The minimum atomic E-state index is 0. The zero-order chi connectivity index (χ0) is 14.8. The van der Waals surface area contributed by atoms with E-state index in [4.69, 9.17) is 0 Å². The summed E-state index contributed by atoms with van der Waals surface area (Å²) in [5.41, 5.74) is 0. The van der Waals surface area contributed by atoms with Crippen molar-refractivity contribution in [2.75, 3.05) is 26.2 Å². The lowest BCUT2D eigenvalue weighted by Gasteiger charge is -2.37. The summed E-state index contributed by atoms with van der Waals surface area (Å²) in [6.45, 7) is 5.13. The molecule has 0 aromatic carbocycles. The maximum atomic E-state index is 12.1. The van der Waals surface area contributed by atoms with E-state index in [2.05, 4.69) is 10.6 Å². The number of nitrogens with one attached hydrogen (secondary N) is 2. The molecule has 1 aromatic heterocycles. The Morgan fingerprint density at radius 3 is 2.45 bits per heavy atom. The van der Waals surface area contributed by atoms with Crippen LogP contribution in [0.2, 0.25) is 0 Å². The average Bonchev–Trinajstić information content (AvgIpc) is 2.84. The Balaban J connectivity index is 0.00000176. The first kappa shape index (κ1) is 17.2. The van der Waals surface area contributed by atoms with Gasteiger partial charge in [-0.15, -0.1) is 23.7 Å². The number of nitrogens with zero attached hydrogens (tertiary/aromatic N) is 1. The lowest BCUT2D eigenvalue weighted by atomic mass is 9.98. The third kappa shape index (κ3) is 3.80. The third-order valence-electron chi connectivity index (χ3n) is 4.24. The molecular formula is C15H22ClN3O2S. The minimum absolute atomic E-state index is 0. The van der Waals surface area contributed by atoms with Crippen LogP contribution < -0.4 is 10.6 Å². The molecule has 2 amide bonds. The van der Waals surface area contributed by atoms with Crippen LogP contribution in [-0.2, 0) is 4.79 Å². The lowest BCUT2D eigenvalue weighted by Crippen LogP contribution is -2.55. The van der Waals surface area contributed by atoms with E-state index in [0.717, 1.165) is 48.8 Å². The summed E-state index contributed by atoms with van der Waals surface area (Å²) >= 11 is 1.52. The molecule has 0 radical (unpaired) electrons. The molecule has 22 heavy (non-hydrogen) atoms. The van der Waals surface area contributed by atoms with Crippen molar-refractivity contribution in [2.45, 2.75) is 25.8 Å². The lowest BCUT2D eigenvalue weighted by molar-refractivity contribution is -0.138. The molecule has 2 aliphatic heterocycles. The first-order chi connectivity index (χ1) is 10.1. The standard InChI is InChI=1S/C15H21N3O2S.ClH/c1-10-2-3-13(21-10)14(19)17-12-4-6-18(7-5-12)15(20)11-8-16-9-11;/h2-3,11-12,16H,4-9H2,1H3,(H,17,19);1H. The fourth-order valence-electron chi connectivity index (χ4n) is 2.78. The van der Waals surface area contributed by atoms with Crippen LogP contribution in [-0.4, -0.2) is 48.9 Å². The first-order valence-corrected chi connectivity index (χ1v) is 8.32. The summed E-state index contributed by atoms with van der Waals surface area (Å²) < 4.78 is 0. The quantitative estimate of drug-likeness (QED) is 0.872. The van der Waals surface area contributed by atoms with Gasteiger partial charge in [-0.05, 0) is 31.9 Å². The molecule has 2 aliphatic rings. The van der Waals surface area contributed by atoms with E-state index in [1.807, 2.05) is 24.0 Å². The highest BCUT2D eigenvalue weighted by Crippen LogP contribution is 2.18. The molecule has 0 bridgehead atoms. The van der Waals surface area contributed by atoms with Gasteiger partial charge in [0.05, 0.1) is 10.8 Å². The number of hydrogen-bond acceptors (Lipinski definition) is 4. The summed E-state index contributed by atoms with van der Waals surface area (Å²) in [7, 11) is 0. The van der Waals surface area contributed by atoms with Crippen LogP contribution in [0, 0.1) is 12.8 Å². The molecule has 0 unspecified atom stereocenters. The number of piperidine rings is 1. The summed E-state index contributed by atoms with van der Waals surface area (Å²) in [4.78, 5) is 28.1. The Hall–Kier alpha value is -1.11. The van der Waals surface area contributed by atoms with E-state index in [1.165, 1.54) is 11.3 Å². The molecule has 2 N–H and O–H groups in total. The van der Waals surface area contributed by atoms with Gasteiger partial charge in [0.15, 0.2) is 0 Å². The molecule has 0 atom stereocenters. The molecule has 7 heteroatoms. The second-order valence-electron chi connectivity index (χ2n) is 5.84. The van der Waals surface area contributed by atoms with Crippen LogP contribution in [0.25, 0.3) is 0 Å². The molecule has 122 valence electrons. The number of halogens is 1. The Labute approximate surface area is 140 Å². The molecule has 0 saturated carbocycles. The predicted molar refractivity (Wildman–Crippen MR) is 89.7 cm³/mol. The maximum absolute atomic E-state index is 12.1. The molecule has 0 spiro atoms. The van der Waals surface area contributed by atoms with Crippen molar-refractivity contribution in [3.8, 4) is 0 Å². The van der Waals surface area contributed by atoms with Crippen molar-refractivity contribution < 1.29 is 9.59 Å². The Bertz CT molecular complexity index is 537. The van der Waals surface area contributed by atoms with E-state index >= 15 is 0 Å². The van der Waals surface area contributed by atoms with E-state index in [-0.39, 0.29) is 36.2 Å². The number of rotatable bonds is 3. The molecule has 3 rings (SSSR count). The number of thiophene rings is 1. The van der Waals surface area contributed by atoms with Crippen molar-refractivity contribution >= 4 is 35.6 Å². The third-order valence-corrected chi connectivity index (χ3v) is 5.24. The van der Waals surface area contributed by atoms with Gasteiger partial charge in [-0.2, -0.15) is 0 Å². The van der Waals surface area contributed by atoms with Gasteiger partial charge in [-0.3, -0.25) is 9.59 Å². The fraction of sp³-hybridized carbons (Fsp3) is 0.600. The topological polar surface area (TPSA) is 61.4 Å². The number of hydrogen-bond donors (Lipinski definition) is 2. The van der Waals surface area contributed by atoms with Gasteiger partial charge in [0, 0.05) is 37.1 Å². The Morgan fingerprint density at radius 1 is 1.27 bits per heavy atom. The van der Waals surface area contributed by atoms with Crippen LogP contribution in [0.4, 0.5) is 0 Å². The molecule has 5 nitrogen and oxygen atoms in total. The van der Waals surface area contributed by atoms with Gasteiger partial charge in [0.1, 0.15) is 0 Å². The van der Waals surface area contributed by atoms with Crippen molar-refractivity contribution in [3.63, 3.8) is 0 Å². The monoisotopic (exact) mass is 343 g/mol. The van der Waals surface area contributed by atoms with Crippen LogP contribution >= 0.6 is 23.7 Å². The van der Waals surface area contributed by atoms with Crippen molar-refractivity contribution in [2.24, 2.45) is 5.92 Å². The van der Waals surface area contributed by atoms with Crippen LogP contribution in [0.1, 0.15) is 27.4 Å². The zero-order valence-corrected chi connectivity index (χ0v) is 14.3. The van der Waals surface area contributed by atoms with E-state index in [9.17, 15) is 9.59 Å². The number of likely N-dealkylation sites (tertiary alicyclic amines) is 1. The minimum Gasteiger partial charge on any atom is -0.348 e. The molecular weight excluding hydrogens is 322 g/mol. The van der Waals surface area contributed by atoms with Gasteiger partial charge in [0.2, 0.25) is 5.91 Å². The maximum Gasteiger partial charge on any atom is 0.261 e. The second-order valence-corrected chi connectivity index (χ2v) is 7.13. The summed E-state index contributed by atoms with van der Waals surface area (Å²) in [6.07, 6.45) is 1.70. The van der Waals surface area contributed by atoms with Gasteiger partial charge >= 0.3 is 0 Å². The number of carbonyl (C=O) groups excluding carboxylic acids is 2. The molecule has 3 heterocycles. The van der Waals surface area contributed by atoms with Crippen LogP contribution in [0.3, 0.4) is 0 Å². The van der Waals surface area contributed by atoms with Gasteiger partial charge in [0.25, 0.3) is 5.91 Å². The number of carbonyl (C=O) groups is 2. The van der Waals surface area contributed by atoms with Gasteiger partial charge in [-0.1, -0.05) is 0 Å². The Kier molecular flexibility index (Phi) is 5.83. The van der Waals surface area contributed by atoms with Crippen molar-refractivity contribution in [3.05, 3.63) is 21.9 Å². The SMILES string of the molecule is Cc1ccc(C(=O)NC2CCN(C(=O)C3CNC3)CC2)s1.Cl. The molecule has 2 saturated heterocycles. The van der Waals surface area contributed by atoms with Crippen LogP contribution in [0.15, 0.2) is 12.1 Å². The molecule has 0 aliphatic carbocycles. The highest BCUT2D eigenvalue weighted by molar-refractivity contribution is 7.13. The Morgan fingerprint density at radius 2 is 1.95 bits per heavy atom. The average molecular weight is 344 g/mol. The largest absolute Gasteiger partial charge is 0.348 e. The van der Waals surface area contributed by atoms with Crippen LogP contribution in [0.5, 0.6) is 0 Å². The normalized spacial score (nSPS) is 19.2. The predicted octanol–water partition coefficient (Wildman–Crippen LogP) is 1.42. The van der Waals surface area contributed by atoms with Crippen molar-refractivity contribution in [1.29, 1.82) is 0 Å². The van der Waals surface area contributed by atoms with Gasteiger partial charge in [-0.25, -0.2) is 0 Å². The second kappa shape index (κ2) is 7.44. The van der Waals surface area contributed by atoms with E-state index < -0.39 is 0 Å². The van der Waals surface area contributed by atoms with E-state index in [0.29, 0.717) is 0 Å². The fourth-order valence-corrected chi connectivity index (χ4v) is 3.55. The molecule has 2 fully saturated rings.